The van der Waals surface area contributed by atoms with Crippen LogP contribution in [0.25, 0.3) is 5.69 Å². The summed E-state index contributed by atoms with van der Waals surface area (Å²) in [7, 11) is 0. The van der Waals surface area contributed by atoms with E-state index in [0.717, 1.165) is 0 Å². The molecule has 1 aromatic heterocycles. The second-order valence-corrected chi connectivity index (χ2v) is 3.20. The molecule has 1 heterocycles. The Kier molecular flexibility index (Phi) is 2.65. The third kappa shape index (κ3) is 1.78. The predicted octanol–water partition coefficient (Wildman–Crippen LogP) is 1.24. The van der Waals surface area contributed by atoms with E-state index in [1.807, 2.05) is 0 Å². The molecular formula is C10H10N4O2. The molecule has 0 radical (unpaired) electrons. The molecule has 6 heteroatoms. The van der Waals surface area contributed by atoms with Crippen LogP contribution in [0.15, 0.2) is 36.5 Å². The molecule has 0 saturated heterocycles. The molecule has 0 aliphatic rings. The fourth-order valence-electron chi connectivity index (χ4n) is 1.42. The molecule has 2 N–H and O–H groups in total. The zero-order valence-corrected chi connectivity index (χ0v) is 8.41. The molecule has 82 valence electrons. The van der Waals surface area contributed by atoms with Gasteiger partial charge >= 0.3 is 0 Å². The first-order chi connectivity index (χ1) is 7.72. The first-order valence-electron chi connectivity index (χ1n) is 4.71. The predicted molar refractivity (Wildman–Crippen MR) is 58.1 cm³/mol. The lowest BCUT2D eigenvalue weighted by molar-refractivity contribution is -0.384. The number of benzene rings is 1. The molecule has 0 aliphatic heterocycles. The molecule has 0 saturated carbocycles. The highest BCUT2D eigenvalue weighted by Crippen LogP contribution is 2.21. The number of nitro benzene ring substituents is 1. The van der Waals surface area contributed by atoms with Gasteiger partial charge in [-0.15, -0.1) is 0 Å². The molecule has 1 aromatic carbocycles. The lowest BCUT2D eigenvalue weighted by Gasteiger charge is -2.01. The Balaban J connectivity index is 2.50. The van der Waals surface area contributed by atoms with Crippen LogP contribution in [0.3, 0.4) is 0 Å². The maximum absolute atomic E-state index is 10.8. The van der Waals surface area contributed by atoms with Gasteiger partial charge in [0.2, 0.25) is 0 Å². The van der Waals surface area contributed by atoms with Crippen LogP contribution < -0.4 is 5.73 Å². The van der Waals surface area contributed by atoms with Gasteiger partial charge in [-0.25, -0.2) is 4.68 Å². The van der Waals surface area contributed by atoms with E-state index < -0.39 is 4.92 Å². The van der Waals surface area contributed by atoms with Crippen molar-refractivity contribution >= 4 is 5.69 Å². The van der Waals surface area contributed by atoms with Gasteiger partial charge in [0, 0.05) is 18.8 Å². The summed E-state index contributed by atoms with van der Waals surface area (Å²) in [5.74, 6) is 0. The third-order valence-corrected chi connectivity index (χ3v) is 2.18. The quantitative estimate of drug-likeness (QED) is 0.620. The third-order valence-electron chi connectivity index (χ3n) is 2.18. The van der Waals surface area contributed by atoms with E-state index in [2.05, 4.69) is 5.10 Å². The molecule has 0 aliphatic carbocycles. The first-order valence-corrected chi connectivity index (χ1v) is 4.71. The Morgan fingerprint density at radius 3 is 2.75 bits per heavy atom. The zero-order chi connectivity index (χ0) is 11.5. The van der Waals surface area contributed by atoms with Crippen LogP contribution in [0.2, 0.25) is 0 Å². The molecule has 6 nitrogen and oxygen atoms in total. The molecule has 0 bridgehead atoms. The van der Waals surface area contributed by atoms with Crippen molar-refractivity contribution in [3.8, 4) is 5.69 Å². The van der Waals surface area contributed by atoms with Crippen molar-refractivity contribution in [2.24, 2.45) is 5.73 Å². The van der Waals surface area contributed by atoms with Crippen molar-refractivity contribution in [1.29, 1.82) is 0 Å². The Bertz CT molecular complexity index is 521. The molecule has 2 aromatic rings. The van der Waals surface area contributed by atoms with E-state index in [1.54, 1.807) is 30.5 Å². The summed E-state index contributed by atoms with van der Waals surface area (Å²) >= 11 is 0. The molecule has 0 spiro atoms. The number of aromatic nitrogens is 2. The minimum Gasteiger partial charge on any atom is -0.325 e. The van der Waals surface area contributed by atoms with Gasteiger partial charge in [-0.2, -0.15) is 5.10 Å². The normalized spacial score (nSPS) is 10.3. The molecule has 0 amide bonds. The fourth-order valence-corrected chi connectivity index (χ4v) is 1.42. The Labute approximate surface area is 91.5 Å². The van der Waals surface area contributed by atoms with Crippen LogP contribution in [0, 0.1) is 10.1 Å². The smallest absolute Gasteiger partial charge is 0.294 e. The van der Waals surface area contributed by atoms with Gasteiger partial charge in [0.25, 0.3) is 5.69 Å². The van der Waals surface area contributed by atoms with Crippen LogP contribution in [-0.2, 0) is 6.54 Å². The number of hydrogen-bond donors (Lipinski definition) is 1. The average molecular weight is 218 g/mol. The van der Waals surface area contributed by atoms with Crippen LogP contribution in [-0.4, -0.2) is 14.7 Å². The summed E-state index contributed by atoms with van der Waals surface area (Å²) < 4.78 is 1.46. The zero-order valence-electron chi connectivity index (χ0n) is 8.41. The number of hydrogen-bond acceptors (Lipinski definition) is 4. The maximum Gasteiger partial charge on any atom is 0.294 e. The van der Waals surface area contributed by atoms with E-state index in [4.69, 9.17) is 5.73 Å². The number of nitro groups is 1. The summed E-state index contributed by atoms with van der Waals surface area (Å²) in [6.07, 6.45) is 1.66. The van der Waals surface area contributed by atoms with Crippen LogP contribution >= 0.6 is 0 Å². The number of nitrogens with two attached hydrogens (primary N) is 1. The summed E-state index contributed by atoms with van der Waals surface area (Å²) in [5, 5.41) is 14.9. The molecular weight excluding hydrogens is 208 g/mol. The summed E-state index contributed by atoms with van der Waals surface area (Å²) in [4.78, 5) is 10.4. The van der Waals surface area contributed by atoms with Gasteiger partial charge in [0.15, 0.2) is 0 Å². The van der Waals surface area contributed by atoms with E-state index in [9.17, 15) is 10.1 Å². The van der Waals surface area contributed by atoms with Crippen molar-refractivity contribution in [3.63, 3.8) is 0 Å². The SMILES string of the molecule is NCc1ccn(-c2ccccc2[N+](=O)[O-])n1. The van der Waals surface area contributed by atoms with Gasteiger partial charge in [0.05, 0.1) is 10.6 Å². The first kappa shape index (κ1) is 10.3. The second-order valence-electron chi connectivity index (χ2n) is 3.20. The summed E-state index contributed by atoms with van der Waals surface area (Å²) in [5.41, 5.74) is 6.58. The monoisotopic (exact) mass is 218 g/mol. The molecule has 2 rings (SSSR count). The maximum atomic E-state index is 10.8. The lowest BCUT2D eigenvalue weighted by Crippen LogP contribution is -2.02. The van der Waals surface area contributed by atoms with E-state index in [1.165, 1.54) is 10.7 Å². The lowest BCUT2D eigenvalue weighted by atomic mass is 10.3. The van der Waals surface area contributed by atoms with E-state index in [0.29, 0.717) is 17.9 Å². The number of rotatable bonds is 3. The van der Waals surface area contributed by atoms with Crippen LogP contribution in [0.1, 0.15) is 5.69 Å². The van der Waals surface area contributed by atoms with Crippen molar-refractivity contribution in [2.45, 2.75) is 6.54 Å². The minimum absolute atomic E-state index is 0.0224. The number of para-hydroxylation sites is 2. The van der Waals surface area contributed by atoms with Crippen LogP contribution in [0.5, 0.6) is 0 Å². The summed E-state index contributed by atoms with van der Waals surface area (Å²) in [6.45, 7) is 0.313. The number of nitrogens with zero attached hydrogens (tertiary/aromatic N) is 3. The largest absolute Gasteiger partial charge is 0.325 e. The van der Waals surface area contributed by atoms with Crippen LogP contribution in [0.4, 0.5) is 5.69 Å². The molecule has 16 heavy (non-hydrogen) atoms. The fraction of sp³-hybridized carbons (Fsp3) is 0.100. The van der Waals surface area contributed by atoms with Crippen molar-refractivity contribution in [3.05, 3.63) is 52.3 Å². The highest BCUT2D eigenvalue weighted by atomic mass is 16.6. The average Bonchev–Trinajstić information content (AvgIpc) is 2.77. The van der Waals surface area contributed by atoms with Gasteiger partial charge in [-0.1, -0.05) is 12.1 Å². The van der Waals surface area contributed by atoms with Crippen molar-refractivity contribution in [1.82, 2.24) is 9.78 Å². The minimum atomic E-state index is -0.431. The highest BCUT2D eigenvalue weighted by Gasteiger charge is 2.14. The Morgan fingerprint density at radius 2 is 2.12 bits per heavy atom. The van der Waals surface area contributed by atoms with E-state index in [-0.39, 0.29) is 5.69 Å². The summed E-state index contributed by atoms with van der Waals surface area (Å²) in [6, 6.07) is 8.17. The Hall–Kier alpha value is -2.21. The molecule has 0 unspecified atom stereocenters. The van der Waals surface area contributed by atoms with Gasteiger partial charge in [0.1, 0.15) is 5.69 Å². The van der Waals surface area contributed by atoms with Crippen molar-refractivity contribution in [2.75, 3.05) is 0 Å². The Morgan fingerprint density at radius 1 is 1.38 bits per heavy atom. The standard InChI is InChI=1S/C10H10N4O2/c11-7-8-5-6-13(12-8)9-3-1-2-4-10(9)14(15)16/h1-6H,7,11H2. The van der Waals surface area contributed by atoms with E-state index >= 15 is 0 Å². The van der Waals surface area contributed by atoms with Crippen molar-refractivity contribution < 1.29 is 4.92 Å². The topological polar surface area (TPSA) is 87.0 Å². The second kappa shape index (κ2) is 4.11. The van der Waals surface area contributed by atoms with Gasteiger partial charge < -0.3 is 5.73 Å². The van der Waals surface area contributed by atoms with Gasteiger partial charge in [-0.3, -0.25) is 10.1 Å². The molecule has 0 fully saturated rings. The van der Waals surface area contributed by atoms with Gasteiger partial charge in [-0.05, 0) is 12.1 Å². The highest BCUT2D eigenvalue weighted by molar-refractivity contribution is 5.51. The molecule has 0 atom stereocenters.